The zero-order valence-electron chi connectivity index (χ0n) is 17.6. The second-order valence-corrected chi connectivity index (χ2v) is 8.15. The first-order valence-electron chi connectivity index (χ1n) is 10.7. The van der Waals surface area contributed by atoms with E-state index in [-0.39, 0.29) is 6.04 Å². The standard InChI is InChI=1S/C24H33N3O2/c1-28-23-12-6-7-18-19(8-5-9-20(18)23)21(25)17-26-13-15-27(16-14-26)22-10-3-4-11-24(22)29-2/h3-4,6-7,10-12,19,21H,5,8-9,13-17,25H2,1-2H3. The molecule has 2 aliphatic rings. The number of ether oxygens (including phenoxy) is 2. The highest BCUT2D eigenvalue weighted by atomic mass is 16.5. The second kappa shape index (κ2) is 9.06. The normalized spacial score (nSPS) is 20.8. The summed E-state index contributed by atoms with van der Waals surface area (Å²) in [7, 11) is 3.51. The molecule has 2 aromatic carbocycles. The van der Waals surface area contributed by atoms with Crippen LogP contribution in [-0.2, 0) is 6.42 Å². The molecule has 0 aromatic heterocycles. The van der Waals surface area contributed by atoms with E-state index < -0.39 is 0 Å². The fraction of sp³-hybridized carbons (Fsp3) is 0.500. The number of nitrogens with two attached hydrogens (primary N) is 1. The Morgan fingerprint density at radius 1 is 0.966 bits per heavy atom. The van der Waals surface area contributed by atoms with Crippen LogP contribution in [0.2, 0.25) is 0 Å². The van der Waals surface area contributed by atoms with E-state index in [1.54, 1.807) is 14.2 Å². The number of benzene rings is 2. The zero-order chi connectivity index (χ0) is 20.2. The summed E-state index contributed by atoms with van der Waals surface area (Å²) in [5, 5.41) is 0. The molecule has 0 saturated carbocycles. The van der Waals surface area contributed by atoms with Crippen LogP contribution in [0.5, 0.6) is 11.5 Å². The van der Waals surface area contributed by atoms with Gasteiger partial charge in [0.2, 0.25) is 0 Å². The van der Waals surface area contributed by atoms with E-state index in [0.717, 1.165) is 50.6 Å². The smallest absolute Gasteiger partial charge is 0.142 e. The molecule has 5 heteroatoms. The van der Waals surface area contributed by atoms with Crippen molar-refractivity contribution in [2.24, 2.45) is 5.73 Å². The summed E-state index contributed by atoms with van der Waals surface area (Å²) in [6.07, 6.45) is 3.45. The highest BCUT2D eigenvalue weighted by Gasteiger charge is 2.29. The monoisotopic (exact) mass is 395 g/mol. The topological polar surface area (TPSA) is 51.0 Å². The Balaban J connectivity index is 1.38. The van der Waals surface area contributed by atoms with Gasteiger partial charge >= 0.3 is 0 Å². The first-order chi connectivity index (χ1) is 14.2. The quantitative estimate of drug-likeness (QED) is 0.814. The molecule has 0 radical (unpaired) electrons. The van der Waals surface area contributed by atoms with Gasteiger partial charge in [-0.25, -0.2) is 0 Å². The van der Waals surface area contributed by atoms with Gasteiger partial charge in [-0.15, -0.1) is 0 Å². The van der Waals surface area contributed by atoms with Crippen LogP contribution in [0, 0.1) is 0 Å². The van der Waals surface area contributed by atoms with Gasteiger partial charge in [0.15, 0.2) is 0 Å². The SMILES string of the molecule is COc1ccccc1N1CCN(CC(N)C2CCCc3c(OC)cccc32)CC1. The Morgan fingerprint density at radius 3 is 2.45 bits per heavy atom. The maximum atomic E-state index is 6.76. The van der Waals surface area contributed by atoms with Crippen LogP contribution < -0.4 is 20.1 Å². The van der Waals surface area contributed by atoms with E-state index in [9.17, 15) is 0 Å². The van der Waals surface area contributed by atoms with E-state index in [0.29, 0.717) is 5.92 Å². The Morgan fingerprint density at radius 2 is 1.69 bits per heavy atom. The molecule has 2 atom stereocenters. The minimum Gasteiger partial charge on any atom is -0.496 e. The van der Waals surface area contributed by atoms with Gasteiger partial charge in [-0.3, -0.25) is 4.90 Å². The van der Waals surface area contributed by atoms with Crippen molar-refractivity contribution in [2.45, 2.75) is 31.2 Å². The average Bonchev–Trinajstić information content (AvgIpc) is 2.78. The fourth-order valence-electron chi connectivity index (χ4n) is 4.98. The molecular formula is C24H33N3O2. The van der Waals surface area contributed by atoms with Gasteiger partial charge in [0, 0.05) is 44.7 Å². The third-order valence-electron chi connectivity index (χ3n) is 6.51. The third kappa shape index (κ3) is 4.21. The van der Waals surface area contributed by atoms with Gasteiger partial charge < -0.3 is 20.1 Å². The van der Waals surface area contributed by atoms with E-state index in [2.05, 4.69) is 40.1 Å². The minimum atomic E-state index is 0.152. The lowest BCUT2D eigenvalue weighted by Gasteiger charge is -2.39. The van der Waals surface area contributed by atoms with Crippen molar-refractivity contribution in [1.82, 2.24) is 4.90 Å². The summed E-state index contributed by atoms with van der Waals surface area (Å²) in [5.41, 5.74) is 10.7. The lowest BCUT2D eigenvalue weighted by molar-refractivity contribution is 0.227. The molecule has 1 saturated heterocycles. The Hall–Kier alpha value is -2.24. The van der Waals surface area contributed by atoms with Crippen molar-refractivity contribution in [1.29, 1.82) is 0 Å². The molecule has 1 heterocycles. The number of para-hydroxylation sites is 2. The summed E-state index contributed by atoms with van der Waals surface area (Å²) in [6.45, 7) is 5.01. The van der Waals surface area contributed by atoms with E-state index in [1.165, 1.54) is 29.7 Å². The molecule has 1 fully saturated rings. The van der Waals surface area contributed by atoms with Crippen LogP contribution in [0.15, 0.2) is 42.5 Å². The first kappa shape index (κ1) is 20.0. The van der Waals surface area contributed by atoms with Crippen molar-refractivity contribution >= 4 is 5.69 Å². The zero-order valence-corrected chi connectivity index (χ0v) is 17.6. The number of methoxy groups -OCH3 is 2. The first-order valence-corrected chi connectivity index (χ1v) is 10.7. The molecule has 5 nitrogen and oxygen atoms in total. The largest absolute Gasteiger partial charge is 0.496 e. The van der Waals surface area contributed by atoms with Crippen LogP contribution in [0.3, 0.4) is 0 Å². The number of nitrogens with zero attached hydrogens (tertiary/aromatic N) is 2. The van der Waals surface area contributed by atoms with Crippen molar-refractivity contribution in [3.63, 3.8) is 0 Å². The average molecular weight is 396 g/mol. The molecule has 1 aliphatic carbocycles. The summed E-state index contributed by atoms with van der Waals surface area (Å²) in [4.78, 5) is 4.94. The minimum absolute atomic E-state index is 0.152. The highest BCUT2D eigenvalue weighted by Crippen LogP contribution is 2.38. The van der Waals surface area contributed by atoms with Crippen LogP contribution in [-0.4, -0.2) is 57.9 Å². The molecule has 0 amide bonds. The number of hydrogen-bond acceptors (Lipinski definition) is 5. The number of anilines is 1. The molecule has 2 aromatic rings. The molecule has 29 heavy (non-hydrogen) atoms. The van der Waals surface area contributed by atoms with Crippen molar-refractivity contribution in [2.75, 3.05) is 51.8 Å². The van der Waals surface area contributed by atoms with Crippen molar-refractivity contribution < 1.29 is 9.47 Å². The number of fused-ring (bicyclic) bond motifs is 1. The molecular weight excluding hydrogens is 362 g/mol. The molecule has 0 spiro atoms. The highest BCUT2D eigenvalue weighted by molar-refractivity contribution is 5.58. The molecule has 2 N–H and O–H groups in total. The van der Waals surface area contributed by atoms with Crippen LogP contribution in [0.25, 0.3) is 0 Å². The number of hydrogen-bond donors (Lipinski definition) is 1. The van der Waals surface area contributed by atoms with Gasteiger partial charge in [-0.2, -0.15) is 0 Å². The molecule has 4 rings (SSSR count). The summed E-state index contributed by atoms with van der Waals surface area (Å²) in [6, 6.07) is 14.9. The molecule has 2 unspecified atom stereocenters. The van der Waals surface area contributed by atoms with Gasteiger partial charge in [-0.05, 0) is 48.6 Å². The number of piperazine rings is 1. The van der Waals surface area contributed by atoms with Gasteiger partial charge in [0.05, 0.1) is 19.9 Å². The summed E-state index contributed by atoms with van der Waals surface area (Å²) in [5.74, 6) is 2.39. The molecule has 156 valence electrons. The maximum absolute atomic E-state index is 6.76. The van der Waals surface area contributed by atoms with Crippen molar-refractivity contribution in [3.05, 3.63) is 53.6 Å². The number of rotatable bonds is 6. The Bertz CT molecular complexity index is 818. The van der Waals surface area contributed by atoms with E-state index >= 15 is 0 Å². The summed E-state index contributed by atoms with van der Waals surface area (Å²) < 4.78 is 11.1. The predicted molar refractivity (Wildman–Crippen MR) is 118 cm³/mol. The van der Waals surface area contributed by atoms with Crippen LogP contribution in [0.1, 0.15) is 29.9 Å². The van der Waals surface area contributed by atoms with Crippen molar-refractivity contribution in [3.8, 4) is 11.5 Å². The van der Waals surface area contributed by atoms with Crippen LogP contribution >= 0.6 is 0 Å². The Labute approximate surface area is 174 Å². The van der Waals surface area contributed by atoms with Gasteiger partial charge in [0.25, 0.3) is 0 Å². The van der Waals surface area contributed by atoms with Gasteiger partial charge in [0.1, 0.15) is 11.5 Å². The second-order valence-electron chi connectivity index (χ2n) is 8.15. The van der Waals surface area contributed by atoms with Crippen LogP contribution in [0.4, 0.5) is 5.69 Å². The molecule has 0 bridgehead atoms. The lowest BCUT2D eigenvalue weighted by atomic mass is 9.78. The molecule has 1 aliphatic heterocycles. The predicted octanol–water partition coefficient (Wildman–Crippen LogP) is 3.27. The van der Waals surface area contributed by atoms with E-state index in [1.807, 2.05) is 12.1 Å². The summed E-state index contributed by atoms with van der Waals surface area (Å²) >= 11 is 0. The Kier molecular flexibility index (Phi) is 6.26. The third-order valence-corrected chi connectivity index (χ3v) is 6.51. The maximum Gasteiger partial charge on any atom is 0.142 e. The fourth-order valence-corrected chi connectivity index (χ4v) is 4.98. The van der Waals surface area contributed by atoms with Gasteiger partial charge in [-0.1, -0.05) is 24.3 Å². The lowest BCUT2D eigenvalue weighted by Crippen LogP contribution is -2.51. The van der Waals surface area contributed by atoms with E-state index in [4.69, 9.17) is 15.2 Å².